The van der Waals surface area contributed by atoms with E-state index in [0.29, 0.717) is 0 Å². The van der Waals surface area contributed by atoms with Gasteiger partial charge in [0.25, 0.3) is 0 Å². The quantitative estimate of drug-likeness (QED) is 0.160. The van der Waals surface area contributed by atoms with Gasteiger partial charge in [-0.25, -0.2) is 0 Å². The van der Waals surface area contributed by atoms with Gasteiger partial charge in [0.05, 0.1) is 5.69 Å². The first-order valence-electron chi connectivity index (χ1n) is 27.5. The lowest BCUT2D eigenvalue weighted by Crippen LogP contribution is -2.62. The summed E-state index contributed by atoms with van der Waals surface area (Å²) in [5.41, 5.74) is 30.0. The Bertz CT molecular complexity index is 3300. The Morgan fingerprint density at radius 1 is 0.437 bits per heavy atom. The molecule has 0 N–H and O–H groups in total. The van der Waals surface area contributed by atoms with Gasteiger partial charge in [0.15, 0.2) is 0 Å². The Labute approximate surface area is 429 Å². The minimum atomic E-state index is -0.157. The highest BCUT2D eigenvalue weighted by Crippen LogP contribution is 2.60. The minimum Gasteiger partial charge on any atom is -0.376 e. The van der Waals surface area contributed by atoms with Crippen molar-refractivity contribution in [2.75, 3.05) is 9.71 Å². The molecule has 0 atom stereocenters. The summed E-state index contributed by atoms with van der Waals surface area (Å²) >= 11 is 0. The van der Waals surface area contributed by atoms with Crippen LogP contribution in [-0.4, -0.2) is 6.85 Å². The van der Waals surface area contributed by atoms with E-state index in [4.69, 9.17) is 0 Å². The molecule has 71 heavy (non-hydrogen) atoms. The van der Waals surface area contributed by atoms with Crippen LogP contribution in [0.1, 0.15) is 212 Å². The molecule has 0 saturated heterocycles. The molecule has 6 aromatic carbocycles. The zero-order valence-electron chi connectivity index (χ0n) is 46.9. The monoisotopic (exact) mass is 937 g/mol. The smallest absolute Gasteiger partial charge is 0.333 e. The lowest BCUT2D eigenvalue weighted by Gasteiger charge is -2.50. The van der Waals surface area contributed by atoms with Gasteiger partial charge in [-0.3, -0.25) is 0 Å². The zero-order valence-corrected chi connectivity index (χ0v) is 46.9. The number of fused-ring (bicyclic) bond motifs is 11. The predicted molar refractivity (Wildman–Crippen MR) is 307 cm³/mol. The van der Waals surface area contributed by atoms with Crippen LogP contribution in [0.3, 0.4) is 0 Å². The summed E-state index contributed by atoms with van der Waals surface area (Å²) in [6, 6.07) is 38.1. The van der Waals surface area contributed by atoms with Gasteiger partial charge >= 0.3 is 6.85 Å². The van der Waals surface area contributed by atoms with Gasteiger partial charge in [-0.2, -0.15) is 0 Å². The number of aryl methyl sites for hydroxylation is 1. The van der Waals surface area contributed by atoms with Gasteiger partial charge in [0.2, 0.25) is 0 Å². The molecular weight excluding hydrogens is 856 g/mol. The van der Waals surface area contributed by atoms with Crippen molar-refractivity contribution in [1.29, 1.82) is 0 Å². The predicted octanol–water partition coefficient (Wildman–Crippen LogP) is 17.4. The average Bonchev–Trinajstić information content (AvgIpc) is 3.53. The SMILES string of the molecule is Cc1cc2c(cc1N1c3cc(C(C)(C)C)cc4c3B(c3ccc5c(c31)-c1ccccc1C5(C)C)N(c1ccc3c(c1)C(C)(C)CCC3(C)C)c1cc3c(cc1-4)C(C)(C)CCC3(C)C)C(C)(C)CCC2(C)C. The normalized spacial score (nSPS) is 21.5. The summed E-state index contributed by atoms with van der Waals surface area (Å²) in [5.74, 6) is 0. The molecule has 6 aliphatic rings. The van der Waals surface area contributed by atoms with E-state index in [9.17, 15) is 0 Å². The maximum absolute atomic E-state index is 2.85. The van der Waals surface area contributed by atoms with E-state index in [0.717, 1.165) is 0 Å². The van der Waals surface area contributed by atoms with Gasteiger partial charge in [0.1, 0.15) is 0 Å². The standard InChI is InChI=1S/C68H81BN2/c1-40-33-49-52(66(13,14)31-29-63(49,7)8)38-55(40)70-57-35-41(61(2,3)4)34-45-44-37-51-53(67(15,16)32-30-65(51,11)12)39-56(44)71(42-23-24-47-50(36-42)64(9,10)28-27-62(47,5)6)69(59(45)57)54-26-25-48-58(60(54)70)43-21-19-20-22-46(43)68(48,17)18/h19-26,33-39H,27-32H2,1-18H3. The summed E-state index contributed by atoms with van der Waals surface area (Å²) in [4.78, 5) is 5.67. The molecule has 0 radical (unpaired) electrons. The Hall–Kier alpha value is -5.02. The van der Waals surface area contributed by atoms with Gasteiger partial charge < -0.3 is 9.71 Å². The van der Waals surface area contributed by atoms with Crippen molar-refractivity contribution in [3.05, 3.63) is 147 Å². The molecular formula is C68H81BN2. The fraction of sp³-hybridized carbons (Fsp3) is 0.471. The first-order chi connectivity index (χ1) is 33.0. The Morgan fingerprint density at radius 2 is 0.944 bits per heavy atom. The van der Waals surface area contributed by atoms with E-state index in [2.05, 4.69) is 225 Å². The largest absolute Gasteiger partial charge is 0.376 e. The second kappa shape index (κ2) is 14.4. The lowest BCUT2D eigenvalue weighted by atomic mass is 9.42. The van der Waals surface area contributed by atoms with Crippen molar-refractivity contribution in [2.24, 2.45) is 0 Å². The third-order valence-corrected chi connectivity index (χ3v) is 20.1. The van der Waals surface area contributed by atoms with Crippen molar-refractivity contribution >= 4 is 46.2 Å². The van der Waals surface area contributed by atoms with Gasteiger partial charge in [-0.15, -0.1) is 0 Å². The topological polar surface area (TPSA) is 6.48 Å². The second-order valence-corrected chi connectivity index (χ2v) is 29.0. The van der Waals surface area contributed by atoms with E-state index in [1.165, 1.54) is 156 Å². The van der Waals surface area contributed by atoms with E-state index >= 15 is 0 Å². The van der Waals surface area contributed by atoms with Crippen LogP contribution in [-0.2, 0) is 43.3 Å². The van der Waals surface area contributed by atoms with Crippen LogP contribution >= 0.6 is 0 Å². The molecule has 366 valence electrons. The highest BCUT2D eigenvalue weighted by atomic mass is 15.2. The maximum Gasteiger partial charge on any atom is 0.333 e. The van der Waals surface area contributed by atoms with E-state index < -0.39 is 0 Å². The number of benzene rings is 6. The molecule has 3 heteroatoms. The van der Waals surface area contributed by atoms with E-state index in [1.807, 2.05) is 0 Å². The third kappa shape index (κ3) is 6.51. The summed E-state index contributed by atoms with van der Waals surface area (Å²) in [7, 11) is 0. The van der Waals surface area contributed by atoms with Crippen LogP contribution in [0.2, 0.25) is 0 Å². The molecule has 0 aromatic heterocycles. The molecule has 2 nitrogen and oxygen atoms in total. The molecule has 6 aromatic rings. The number of nitrogens with zero attached hydrogens (tertiary/aromatic N) is 2. The molecule has 2 aliphatic heterocycles. The first kappa shape index (κ1) is 47.0. The molecule has 0 fully saturated rings. The molecule has 12 rings (SSSR count). The molecule has 0 amide bonds. The molecule has 0 unspecified atom stereocenters. The fourth-order valence-corrected chi connectivity index (χ4v) is 14.9. The molecule has 0 bridgehead atoms. The number of hydrogen-bond acceptors (Lipinski definition) is 2. The molecule has 4 aliphatic carbocycles. The third-order valence-electron chi connectivity index (χ3n) is 20.1. The number of anilines is 5. The van der Waals surface area contributed by atoms with Crippen LogP contribution in [0.25, 0.3) is 22.3 Å². The minimum absolute atomic E-state index is 0.0514. The summed E-state index contributed by atoms with van der Waals surface area (Å²) < 4.78 is 0. The van der Waals surface area contributed by atoms with E-state index in [1.54, 1.807) is 0 Å². The van der Waals surface area contributed by atoms with Crippen molar-refractivity contribution in [1.82, 2.24) is 0 Å². The Balaban J connectivity index is 1.27. The number of rotatable bonds is 2. The molecule has 0 saturated carbocycles. The highest BCUT2D eigenvalue weighted by molar-refractivity contribution is 6.93. The maximum atomic E-state index is 2.85. The van der Waals surface area contributed by atoms with E-state index in [-0.39, 0.29) is 50.2 Å². The summed E-state index contributed by atoms with van der Waals surface area (Å²) in [6.07, 6.45) is 7.13. The Morgan fingerprint density at radius 3 is 1.54 bits per heavy atom. The fourth-order valence-electron chi connectivity index (χ4n) is 14.9. The summed E-state index contributed by atoms with van der Waals surface area (Å²) in [5, 5.41) is 0. The van der Waals surface area contributed by atoms with Crippen molar-refractivity contribution in [3.8, 4) is 22.3 Å². The average molecular weight is 937 g/mol. The van der Waals surface area contributed by atoms with Crippen LogP contribution in [0.4, 0.5) is 28.4 Å². The molecule has 0 spiro atoms. The second-order valence-electron chi connectivity index (χ2n) is 29.0. The number of hydrogen-bond donors (Lipinski definition) is 0. The first-order valence-corrected chi connectivity index (χ1v) is 27.5. The highest BCUT2D eigenvalue weighted by Gasteiger charge is 2.51. The van der Waals surface area contributed by atoms with Crippen molar-refractivity contribution < 1.29 is 0 Å². The Kier molecular flexibility index (Phi) is 9.53. The van der Waals surface area contributed by atoms with Crippen molar-refractivity contribution in [2.45, 2.75) is 206 Å². The zero-order chi connectivity index (χ0) is 50.7. The van der Waals surface area contributed by atoms with Crippen LogP contribution < -0.4 is 20.6 Å². The van der Waals surface area contributed by atoms with Crippen LogP contribution in [0.5, 0.6) is 0 Å². The van der Waals surface area contributed by atoms with Crippen molar-refractivity contribution in [3.63, 3.8) is 0 Å². The van der Waals surface area contributed by atoms with Gasteiger partial charge in [0, 0.05) is 39.3 Å². The summed E-state index contributed by atoms with van der Waals surface area (Å²) in [6.45, 7) is 44.5. The van der Waals surface area contributed by atoms with Crippen LogP contribution in [0.15, 0.2) is 91.0 Å². The van der Waals surface area contributed by atoms with Gasteiger partial charge in [-0.05, 0) is 197 Å². The van der Waals surface area contributed by atoms with Crippen LogP contribution in [0, 0.1) is 6.92 Å². The lowest BCUT2D eigenvalue weighted by molar-refractivity contribution is 0.332. The van der Waals surface area contributed by atoms with Gasteiger partial charge in [-0.1, -0.05) is 172 Å². The molecule has 2 heterocycles.